The van der Waals surface area contributed by atoms with Gasteiger partial charge in [0.2, 0.25) is 11.6 Å². The van der Waals surface area contributed by atoms with E-state index in [4.69, 9.17) is 27.6 Å². The summed E-state index contributed by atoms with van der Waals surface area (Å²) in [6, 6.07) is 12.0. The number of carbonyl (C=O) groups is 2. The van der Waals surface area contributed by atoms with Crippen molar-refractivity contribution in [2.45, 2.75) is 66.1 Å². The van der Waals surface area contributed by atoms with Crippen molar-refractivity contribution in [3.63, 3.8) is 0 Å². The molecule has 0 aliphatic rings. The van der Waals surface area contributed by atoms with E-state index >= 15 is 0 Å². The maximum absolute atomic E-state index is 13.1. The third-order valence-electron chi connectivity index (χ3n) is 5.62. The van der Waals surface area contributed by atoms with Crippen LogP contribution < -0.4 is 9.47 Å². The third-order valence-corrected chi connectivity index (χ3v) is 10.4. The fourth-order valence-electron chi connectivity index (χ4n) is 3.82. The van der Waals surface area contributed by atoms with Crippen molar-refractivity contribution in [2.75, 3.05) is 26.4 Å². The third kappa shape index (κ3) is 8.84. The van der Waals surface area contributed by atoms with E-state index in [0.717, 1.165) is 0 Å². The molecule has 0 fully saturated rings. The highest BCUT2D eigenvalue weighted by Gasteiger charge is 2.37. The molecule has 0 radical (unpaired) electrons. The molecule has 10 nitrogen and oxygen atoms in total. The van der Waals surface area contributed by atoms with Crippen molar-refractivity contribution in [3.8, 4) is 11.5 Å². The molecule has 0 N–H and O–H groups in total. The first-order valence-corrected chi connectivity index (χ1v) is 16.7. The average Bonchev–Trinajstić information content (AvgIpc) is 2.95. The van der Waals surface area contributed by atoms with Crippen molar-refractivity contribution in [2.24, 2.45) is 0 Å². The summed E-state index contributed by atoms with van der Waals surface area (Å²) in [4.78, 5) is 25.7. The molecule has 40 heavy (non-hydrogen) atoms. The highest BCUT2D eigenvalue weighted by molar-refractivity contribution is 7.54. The fourth-order valence-corrected chi connectivity index (χ4v) is 7.47. The van der Waals surface area contributed by atoms with Crippen LogP contribution in [0, 0.1) is 0 Å². The summed E-state index contributed by atoms with van der Waals surface area (Å²) in [5.74, 6) is -2.33. The topological polar surface area (TPSA) is 124 Å². The second kappa shape index (κ2) is 16.2. The van der Waals surface area contributed by atoms with Gasteiger partial charge in [0.05, 0.1) is 26.4 Å². The molecule has 0 aliphatic carbocycles. The number of ether oxygens (including phenoxy) is 2. The van der Waals surface area contributed by atoms with E-state index in [2.05, 4.69) is 0 Å². The summed E-state index contributed by atoms with van der Waals surface area (Å²) in [6.07, 6.45) is 0.758. The number of rotatable bonds is 19. The van der Waals surface area contributed by atoms with Crippen molar-refractivity contribution in [1.29, 1.82) is 0 Å². The number of carbonyl (C=O) groups excluding carboxylic acids is 2. The Morgan fingerprint density at radius 2 is 0.825 bits per heavy atom. The normalized spacial score (nSPS) is 13.4. The van der Waals surface area contributed by atoms with E-state index in [-0.39, 0.29) is 37.6 Å². The summed E-state index contributed by atoms with van der Waals surface area (Å²) in [5, 5.41) is 0. The van der Waals surface area contributed by atoms with Crippen LogP contribution in [0.1, 0.15) is 75.1 Å². The Hall–Kier alpha value is -2.32. The van der Waals surface area contributed by atoms with Gasteiger partial charge in [-0.05, 0) is 89.1 Å². The van der Waals surface area contributed by atoms with E-state index in [9.17, 15) is 18.7 Å². The Balaban J connectivity index is 2.12. The van der Waals surface area contributed by atoms with Crippen LogP contribution in [-0.4, -0.2) is 49.7 Å². The van der Waals surface area contributed by atoms with E-state index in [1.165, 1.54) is 48.5 Å². The summed E-state index contributed by atoms with van der Waals surface area (Å²) in [7, 11) is -6.99. The zero-order valence-electron chi connectivity index (χ0n) is 24.0. The van der Waals surface area contributed by atoms with Gasteiger partial charge in [-0.2, -0.15) is 0 Å². The van der Waals surface area contributed by atoms with Gasteiger partial charge < -0.3 is 27.6 Å². The molecule has 2 rings (SSSR count). The van der Waals surface area contributed by atoms with Crippen LogP contribution in [0.5, 0.6) is 11.5 Å². The minimum absolute atomic E-state index is 0.170. The monoisotopic (exact) mass is 598 g/mol. The molecule has 12 heteroatoms. The van der Waals surface area contributed by atoms with Crippen LogP contribution in [-0.2, 0) is 27.2 Å². The number of benzene rings is 2. The Kier molecular flexibility index (Phi) is 13.7. The van der Waals surface area contributed by atoms with Gasteiger partial charge in [-0.1, -0.05) is 13.8 Å². The van der Waals surface area contributed by atoms with Gasteiger partial charge in [0, 0.05) is 11.1 Å². The Bertz CT molecular complexity index is 1070. The summed E-state index contributed by atoms with van der Waals surface area (Å²) in [6.45, 7) is 11.3. The van der Waals surface area contributed by atoms with E-state index < -0.39 is 38.4 Å². The lowest BCUT2D eigenvalue weighted by atomic mass is 10.0. The van der Waals surface area contributed by atoms with Gasteiger partial charge in [-0.15, -0.1) is 0 Å². The molecule has 0 aliphatic heterocycles. The van der Waals surface area contributed by atoms with Crippen LogP contribution in [0.2, 0.25) is 0 Å². The minimum Gasteiger partial charge on any atom is -0.478 e. The minimum atomic E-state index is -3.50. The highest BCUT2D eigenvalue weighted by atomic mass is 31.2. The van der Waals surface area contributed by atoms with Gasteiger partial charge in [-0.25, -0.2) is 0 Å². The molecule has 0 heterocycles. The molecular weight excluding hydrogens is 558 g/mol. The van der Waals surface area contributed by atoms with Gasteiger partial charge in [0.15, 0.2) is 11.7 Å². The van der Waals surface area contributed by atoms with Gasteiger partial charge >= 0.3 is 15.2 Å². The molecule has 0 bridgehead atoms. The summed E-state index contributed by atoms with van der Waals surface area (Å²) < 4.78 is 59.4. The number of hydrogen-bond acceptors (Lipinski definition) is 10. The Morgan fingerprint density at radius 1 is 0.550 bits per heavy atom. The molecule has 2 aromatic carbocycles. The molecule has 0 saturated carbocycles. The van der Waals surface area contributed by atoms with Crippen molar-refractivity contribution >= 4 is 26.8 Å². The van der Waals surface area contributed by atoms with Crippen LogP contribution in [0.15, 0.2) is 48.5 Å². The molecule has 0 amide bonds. The first kappa shape index (κ1) is 33.9. The molecule has 222 valence electrons. The van der Waals surface area contributed by atoms with E-state index in [0.29, 0.717) is 24.3 Å². The second-order valence-electron chi connectivity index (χ2n) is 8.42. The quantitative estimate of drug-likeness (QED) is 0.0911. The van der Waals surface area contributed by atoms with Crippen molar-refractivity contribution in [3.05, 3.63) is 59.7 Å². The number of ketones is 2. The highest BCUT2D eigenvalue weighted by Crippen LogP contribution is 2.55. The fraction of sp³-hybridized carbons (Fsp3) is 0.500. The summed E-state index contributed by atoms with van der Waals surface area (Å²) >= 11 is 0. The van der Waals surface area contributed by atoms with Crippen molar-refractivity contribution < 1.29 is 46.3 Å². The lowest BCUT2D eigenvalue weighted by molar-refractivity contribution is 0.0817. The smallest absolute Gasteiger partial charge is 0.370 e. The molecule has 2 aromatic rings. The summed E-state index contributed by atoms with van der Waals surface area (Å²) in [5.41, 5.74) is 0.341. The maximum Gasteiger partial charge on any atom is 0.370 e. The van der Waals surface area contributed by atoms with E-state index in [1.807, 2.05) is 0 Å². The van der Waals surface area contributed by atoms with E-state index in [1.54, 1.807) is 41.5 Å². The van der Waals surface area contributed by atoms with Gasteiger partial charge in [0.1, 0.15) is 11.5 Å². The first-order chi connectivity index (χ1) is 19.1. The second-order valence-corrected chi connectivity index (χ2v) is 12.8. The largest absolute Gasteiger partial charge is 0.478 e. The van der Waals surface area contributed by atoms with Gasteiger partial charge in [-0.3, -0.25) is 18.7 Å². The zero-order valence-corrected chi connectivity index (χ0v) is 25.8. The average molecular weight is 599 g/mol. The molecular formula is C28H40O10P2. The molecule has 0 aromatic heterocycles. The van der Waals surface area contributed by atoms with Crippen LogP contribution in [0.3, 0.4) is 0 Å². The number of Topliss-reactive ketones (excluding diaryl/α,β-unsaturated/α-hetero) is 2. The number of hydrogen-bond donors (Lipinski definition) is 0. The predicted octanol–water partition coefficient (Wildman–Crippen LogP) is 7.51. The van der Waals surface area contributed by atoms with Crippen LogP contribution >= 0.6 is 15.2 Å². The molecule has 2 atom stereocenters. The lowest BCUT2D eigenvalue weighted by Crippen LogP contribution is -2.20. The lowest BCUT2D eigenvalue weighted by Gasteiger charge is -2.26. The molecule has 2 unspecified atom stereocenters. The van der Waals surface area contributed by atoms with Crippen LogP contribution in [0.4, 0.5) is 0 Å². The zero-order chi connectivity index (χ0) is 29.8. The Morgan fingerprint density at radius 3 is 1.05 bits per heavy atom. The molecule has 0 saturated heterocycles. The first-order valence-electron chi connectivity index (χ1n) is 13.5. The Labute approximate surface area is 236 Å². The van der Waals surface area contributed by atoms with Crippen molar-refractivity contribution in [1.82, 2.24) is 0 Å². The standard InChI is InChI=1S/C28H40O10P2/c1-7-25(39(31,33-9-3)34-10-4)37-23-17-13-21(14-18-23)27(29)28(30)22-15-19-24(20-16-22)38-26(8-2)40(32,35-11-5)36-12-6/h13-20,25-26H,7-12H2,1-6H3. The maximum atomic E-state index is 13.1. The SMILES string of the molecule is CCOP(=O)(OCC)C(CC)Oc1ccc(C(=O)C(=O)c2ccc(OC(CC)P(=O)(OCC)OCC)cc2)cc1. The van der Waals surface area contributed by atoms with Crippen LogP contribution in [0.25, 0.3) is 0 Å². The van der Waals surface area contributed by atoms with Gasteiger partial charge in [0.25, 0.3) is 0 Å². The molecule has 0 spiro atoms. The predicted molar refractivity (Wildman–Crippen MR) is 153 cm³/mol.